The van der Waals surface area contributed by atoms with Gasteiger partial charge >= 0.3 is 8.56 Å². The van der Waals surface area contributed by atoms with Crippen LogP contribution in [0.15, 0.2) is 0 Å². The molecular formula is C11H26O2SSi. The van der Waals surface area contributed by atoms with Crippen LogP contribution in [0.25, 0.3) is 0 Å². The van der Waals surface area contributed by atoms with Crippen molar-refractivity contribution in [2.24, 2.45) is 5.92 Å². The van der Waals surface area contributed by atoms with Crippen LogP contribution in [0.4, 0.5) is 0 Å². The van der Waals surface area contributed by atoms with Crippen LogP contribution < -0.4 is 0 Å². The Balaban J connectivity index is 4.12. The standard InChI is InChI=1S/C11H26O2SSi/c1-5-7-12-15(4,13-8-6-2)10-11(3)9-14/h11,14H,5-10H2,1-4H3. The Hall–Kier alpha value is 0.487. The molecule has 0 aromatic carbocycles. The van der Waals surface area contributed by atoms with Crippen molar-refractivity contribution in [3.05, 3.63) is 0 Å². The molecule has 15 heavy (non-hydrogen) atoms. The summed E-state index contributed by atoms with van der Waals surface area (Å²) in [6.07, 6.45) is 2.13. The zero-order valence-electron chi connectivity index (χ0n) is 10.6. The van der Waals surface area contributed by atoms with E-state index in [-0.39, 0.29) is 0 Å². The number of hydrogen-bond acceptors (Lipinski definition) is 3. The Bertz CT molecular complexity index is 148. The minimum atomic E-state index is -1.92. The van der Waals surface area contributed by atoms with Crippen LogP contribution in [0, 0.1) is 5.92 Å². The first-order chi connectivity index (χ1) is 7.08. The zero-order valence-corrected chi connectivity index (χ0v) is 12.5. The summed E-state index contributed by atoms with van der Waals surface area (Å²) >= 11 is 4.32. The van der Waals surface area contributed by atoms with Gasteiger partial charge in [-0.3, -0.25) is 0 Å². The molecule has 2 nitrogen and oxygen atoms in total. The Morgan fingerprint density at radius 3 is 1.93 bits per heavy atom. The van der Waals surface area contributed by atoms with Gasteiger partial charge in [0.15, 0.2) is 0 Å². The second kappa shape index (κ2) is 8.62. The van der Waals surface area contributed by atoms with Gasteiger partial charge in [0.05, 0.1) is 0 Å². The third kappa shape index (κ3) is 7.39. The molecule has 0 radical (unpaired) electrons. The van der Waals surface area contributed by atoms with Gasteiger partial charge in [0.25, 0.3) is 0 Å². The summed E-state index contributed by atoms with van der Waals surface area (Å²) in [5, 5.41) is 0. The van der Waals surface area contributed by atoms with E-state index in [1.165, 1.54) is 0 Å². The first-order valence-electron chi connectivity index (χ1n) is 5.96. The van der Waals surface area contributed by atoms with Gasteiger partial charge in [-0.2, -0.15) is 12.6 Å². The van der Waals surface area contributed by atoms with Crippen LogP contribution in [0.1, 0.15) is 33.6 Å². The molecule has 0 fully saturated rings. The molecule has 0 rings (SSSR count). The molecule has 0 saturated heterocycles. The van der Waals surface area contributed by atoms with Crippen molar-refractivity contribution in [3.63, 3.8) is 0 Å². The van der Waals surface area contributed by atoms with E-state index in [0.29, 0.717) is 5.92 Å². The van der Waals surface area contributed by atoms with E-state index in [2.05, 4.69) is 39.9 Å². The predicted octanol–water partition coefficient (Wildman–Crippen LogP) is 3.48. The first-order valence-corrected chi connectivity index (χ1v) is 9.12. The van der Waals surface area contributed by atoms with Crippen LogP contribution in [0.5, 0.6) is 0 Å². The smallest absolute Gasteiger partial charge is 0.335 e. The van der Waals surface area contributed by atoms with Gasteiger partial charge in [0, 0.05) is 13.2 Å². The van der Waals surface area contributed by atoms with E-state index in [4.69, 9.17) is 8.85 Å². The fraction of sp³-hybridized carbons (Fsp3) is 1.00. The highest BCUT2D eigenvalue weighted by Crippen LogP contribution is 2.21. The molecule has 0 amide bonds. The van der Waals surface area contributed by atoms with Crippen LogP contribution in [-0.2, 0) is 8.85 Å². The molecule has 0 aliphatic heterocycles. The highest BCUT2D eigenvalue weighted by Gasteiger charge is 2.32. The van der Waals surface area contributed by atoms with E-state index in [9.17, 15) is 0 Å². The van der Waals surface area contributed by atoms with E-state index in [0.717, 1.165) is 37.9 Å². The molecular weight excluding hydrogens is 224 g/mol. The third-order valence-corrected chi connectivity index (χ3v) is 5.95. The molecule has 4 heteroatoms. The molecule has 0 heterocycles. The number of hydrogen-bond donors (Lipinski definition) is 1. The second-order valence-electron chi connectivity index (χ2n) is 4.32. The van der Waals surface area contributed by atoms with Crippen LogP contribution in [0.2, 0.25) is 12.6 Å². The quantitative estimate of drug-likeness (QED) is 0.499. The van der Waals surface area contributed by atoms with Gasteiger partial charge in [-0.15, -0.1) is 0 Å². The SMILES string of the molecule is CCCO[Si](C)(CC(C)CS)OCCC. The monoisotopic (exact) mass is 250 g/mol. The summed E-state index contributed by atoms with van der Waals surface area (Å²) in [4.78, 5) is 0. The van der Waals surface area contributed by atoms with Crippen LogP contribution in [-0.4, -0.2) is 27.5 Å². The zero-order chi connectivity index (χ0) is 11.7. The maximum absolute atomic E-state index is 5.94. The molecule has 0 aliphatic rings. The average molecular weight is 250 g/mol. The molecule has 0 bridgehead atoms. The highest BCUT2D eigenvalue weighted by atomic mass is 32.1. The molecule has 0 N–H and O–H groups in total. The minimum Gasteiger partial charge on any atom is -0.394 e. The molecule has 0 saturated carbocycles. The third-order valence-electron chi connectivity index (χ3n) is 2.25. The highest BCUT2D eigenvalue weighted by molar-refractivity contribution is 7.80. The van der Waals surface area contributed by atoms with Gasteiger partial charge in [-0.25, -0.2) is 0 Å². The van der Waals surface area contributed by atoms with E-state index in [1.807, 2.05) is 0 Å². The van der Waals surface area contributed by atoms with Gasteiger partial charge < -0.3 is 8.85 Å². The molecule has 1 unspecified atom stereocenters. The molecule has 92 valence electrons. The average Bonchev–Trinajstić information content (AvgIpc) is 2.23. The fourth-order valence-corrected chi connectivity index (χ4v) is 4.87. The summed E-state index contributed by atoms with van der Waals surface area (Å²) in [7, 11) is -1.92. The lowest BCUT2D eigenvalue weighted by molar-refractivity contribution is 0.170. The van der Waals surface area contributed by atoms with Crippen molar-refractivity contribution < 1.29 is 8.85 Å². The normalized spacial score (nSPS) is 14.2. The minimum absolute atomic E-state index is 0.582. The maximum Gasteiger partial charge on any atom is 0.335 e. The lowest BCUT2D eigenvalue weighted by Gasteiger charge is -2.29. The molecule has 0 aliphatic carbocycles. The summed E-state index contributed by atoms with van der Waals surface area (Å²) < 4.78 is 11.9. The van der Waals surface area contributed by atoms with Crippen molar-refractivity contribution >= 4 is 21.2 Å². The predicted molar refractivity (Wildman–Crippen MR) is 71.9 cm³/mol. The van der Waals surface area contributed by atoms with Gasteiger partial charge in [-0.1, -0.05) is 20.8 Å². The molecule has 0 aromatic heterocycles. The molecule has 0 aromatic rings. The summed E-state index contributed by atoms with van der Waals surface area (Å²) in [6, 6.07) is 1.05. The van der Waals surface area contributed by atoms with Gasteiger partial charge in [0.2, 0.25) is 0 Å². The number of thiol groups is 1. The molecule has 0 spiro atoms. The number of rotatable bonds is 9. The van der Waals surface area contributed by atoms with Crippen molar-refractivity contribution in [1.82, 2.24) is 0 Å². The maximum atomic E-state index is 5.94. The first kappa shape index (κ1) is 15.5. The van der Waals surface area contributed by atoms with E-state index >= 15 is 0 Å². The molecule has 1 atom stereocenters. The Morgan fingerprint density at radius 2 is 1.60 bits per heavy atom. The van der Waals surface area contributed by atoms with E-state index < -0.39 is 8.56 Å². The Labute approximate surface area is 101 Å². The second-order valence-corrected chi connectivity index (χ2v) is 7.94. The summed E-state index contributed by atoms with van der Waals surface area (Å²) in [6.45, 7) is 10.3. The summed E-state index contributed by atoms with van der Waals surface area (Å²) in [5.74, 6) is 1.49. The largest absolute Gasteiger partial charge is 0.394 e. The van der Waals surface area contributed by atoms with Crippen molar-refractivity contribution in [2.75, 3.05) is 19.0 Å². The van der Waals surface area contributed by atoms with Gasteiger partial charge in [-0.05, 0) is 37.1 Å². The topological polar surface area (TPSA) is 18.5 Å². The lowest BCUT2D eigenvalue weighted by Crippen LogP contribution is -2.41. The van der Waals surface area contributed by atoms with Crippen LogP contribution in [0.3, 0.4) is 0 Å². The van der Waals surface area contributed by atoms with Crippen molar-refractivity contribution in [3.8, 4) is 0 Å². The van der Waals surface area contributed by atoms with Crippen LogP contribution >= 0.6 is 12.6 Å². The van der Waals surface area contributed by atoms with Crippen molar-refractivity contribution in [2.45, 2.75) is 46.2 Å². The van der Waals surface area contributed by atoms with Gasteiger partial charge in [0.1, 0.15) is 0 Å². The van der Waals surface area contributed by atoms with Crippen molar-refractivity contribution in [1.29, 1.82) is 0 Å². The lowest BCUT2D eigenvalue weighted by atomic mass is 10.3. The van der Waals surface area contributed by atoms with E-state index in [1.54, 1.807) is 0 Å². The summed E-state index contributed by atoms with van der Waals surface area (Å²) in [5.41, 5.74) is 0. The fourth-order valence-electron chi connectivity index (χ4n) is 1.49. The Morgan fingerprint density at radius 1 is 1.13 bits per heavy atom. The Kier molecular flexibility index (Phi) is 8.90.